The highest BCUT2D eigenvalue weighted by atomic mass is 32.2. The van der Waals surface area contributed by atoms with Crippen LogP contribution in [0.4, 0.5) is 0 Å². The second kappa shape index (κ2) is 10.2. The van der Waals surface area contributed by atoms with E-state index < -0.39 is 21.7 Å². The molecule has 2 N–H and O–H groups in total. The molecule has 2 aromatic carbocycles. The number of rotatable bonds is 6. The van der Waals surface area contributed by atoms with Gasteiger partial charge in [-0.15, -0.1) is 0 Å². The molecule has 7 heteroatoms. The molecule has 0 aliphatic heterocycles. The fraction of sp³-hybridized carbons (Fsp3) is 0.370. The molecule has 1 aromatic heterocycles. The summed E-state index contributed by atoms with van der Waals surface area (Å²) in [4.78, 5) is 13.1. The van der Waals surface area contributed by atoms with E-state index in [0.717, 1.165) is 31.2 Å². The molecule has 34 heavy (non-hydrogen) atoms. The Morgan fingerprint density at radius 3 is 2.26 bits per heavy atom. The SMILES string of the molecule is CC(C)C(NS(=O)(=O)c1ccccc1-c1ccccc1)c1c(O)c2c(oc1=O)CCCCCC2. The van der Waals surface area contributed by atoms with Crippen molar-refractivity contribution in [2.45, 2.75) is 63.3 Å². The normalized spacial score (nSPS) is 15.4. The fourth-order valence-corrected chi connectivity index (χ4v) is 6.20. The van der Waals surface area contributed by atoms with Crippen LogP contribution in [0.5, 0.6) is 5.75 Å². The van der Waals surface area contributed by atoms with Gasteiger partial charge in [0.2, 0.25) is 10.0 Å². The highest BCUT2D eigenvalue weighted by molar-refractivity contribution is 7.89. The maximum absolute atomic E-state index is 13.6. The van der Waals surface area contributed by atoms with Gasteiger partial charge in [-0.1, -0.05) is 75.2 Å². The maximum Gasteiger partial charge on any atom is 0.344 e. The summed E-state index contributed by atoms with van der Waals surface area (Å²) < 4.78 is 35.5. The summed E-state index contributed by atoms with van der Waals surface area (Å²) in [5.41, 5.74) is 1.26. The third kappa shape index (κ3) is 4.95. The quantitative estimate of drug-likeness (QED) is 0.495. The van der Waals surface area contributed by atoms with Crippen molar-refractivity contribution in [2.75, 3.05) is 0 Å². The molecular formula is C27H31NO5S. The van der Waals surface area contributed by atoms with Gasteiger partial charge in [0, 0.05) is 17.5 Å². The van der Waals surface area contributed by atoms with Gasteiger partial charge in [-0.2, -0.15) is 0 Å². The first-order valence-corrected chi connectivity index (χ1v) is 13.3. The number of benzene rings is 2. The maximum atomic E-state index is 13.6. The Labute approximate surface area is 200 Å². The van der Waals surface area contributed by atoms with E-state index in [0.29, 0.717) is 29.7 Å². The lowest BCUT2D eigenvalue weighted by Crippen LogP contribution is -2.35. The molecule has 0 spiro atoms. The van der Waals surface area contributed by atoms with Crippen LogP contribution in [0.1, 0.15) is 62.5 Å². The van der Waals surface area contributed by atoms with Gasteiger partial charge < -0.3 is 9.52 Å². The number of fused-ring (bicyclic) bond motifs is 1. The highest BCUT2D eigenvalue weighted by Gasteiger charge is 2.32. The van der Waals surface area contributed by atoms with Gasteiger partial charge in [-0.25, -0.2) is 17.9 Å². The van der Waals surface area contributed by atoms with Gasteiger partial charge in [0.15, 0.2) is 0 Å². The Morgan fingerprint density at radius 2 is 1.56 bits per heavy atom. The zero-order valence-electron chi connectivity index (χ0n) is 19.6. The zero-order valence-corrected chi connectivity index (χ0v) is 20.4. The Morgan fingerprint density at radius 1 is 0.912 bits per heavy atom. The minimum atomic E-state index is -4.04. The summed E-state index contributed by atoms with van der Waals surface area (Å²) in [7, 11) is -4.04. The van der Waals surface area contributed by atoms with E-state index in [-0.39, 0.29) is 22.1 Å². The average Bonchev–Trinajstić information content (AvgIpc) is 2.80. The Hall–Kier alpha value is -2.90. The number of hydrogen-bond donors (Lipinski definition) is 2. The molecule has 6 nitrogen and oxygen atoms in total. The van der Waals surface area contributed by atoms with E-state index in [9.17, 15) is 18.3 Å². The van der Waals surface area contributed by atoms with Gasteiger partial charge in [0.25, 0.3) is 0 Å². The Bertz CT molecular complexity index is 1310. The first-order valence-electron chi connectivity index (χ1n) is 11.8. The molecule has 1 atom stereocenters. The van der Waals surface area contributed by atoms with Crippen molar-refractivity contribution >= 4 is 10.0 Å². The zero-order chi connectivity index (χ0) is 24.3. The van der Waals surface area contributed by atoms with Crippen LogP contribution in [0.25, 0.3) is 11.1 Å². The van der Waals surface area contributed by atoms with Crippen molar-refractivity contribution in [1.82, 2.24) is 4.72 Å². The lowest BCUT2D eigenvalue weighted by molar-refractivity contribution is 0.361. The molecule has 1 unspecified atom stereocenters. The largest absolute Gasteiger partial charge is 0.507 e. The topological polar surface area (TPSA) is 96.6 Å². The molecule has 0 amide bonds. The third-order valence-corrected chi connectivity index (χ3v) is 7.91. The summed E-state index contributed by atoms with van der Waals surface area (Å²) >= 11 is 0. The summed E-state index contributed by atoms with van der Waals surface area (Å²) in [6.07, 6.45) is 5.08. The highest BCUT2D eigenvalue weighted by Crippen LogP contribution is 2.36. The van der Waals surface area contributed by atoms with Gasteiger partial charge in [0.1, 0.15) is 11.5 Å². The lowest BCUT2D eigenvalue weighted by Gasteiger charge is -2.25. The number of nitrogens with one attached hydrogen (secondary N) is 1. The number of aromatic hydroxyl groups is 1. The molecule has 0 saturated carbocycles. The van der Waals surface area contributed by atoms with Gasteiger partial charge in [-0.3, -0.25) is 0 Å². The molecule has 180 valence electrons. The summed E-state index contributed by atoms with van der Waals surface area (Å²) in [6.45, 7) is 3.62. The average molecular weight is 482 g/mol. The van der Waals surface area contributed by atoms with Gasteiger partial charge in [-0.05, 0) is 36.8 Å². The minimum Gasteiger partial charge on any atom is -0.507 e. The first-order chi connectivity index (χ1) is 16.3. The lowest BCUT2D eigenvalue weighted by atomic mass is 9.92. The van der Waals surface area contributed by atoms with E-state index in [1.165, 1.54) is 0 Å². The van der Waals surface area contributed by atoms with Crippen molar-refractivity contribution in [3.05, 3.63) is 81.9 Å². The van der Waals surface area contributed by atoms with Crippen molar-refractivity contribution in [2.24, 2.45) is 5.92 Å². The third-order valence-electron chi connectivity index (χ3n) is 6.42. The van der Waals surface area contributed by atoms with Crippen LogP contribution >= 0.6 is 0 Å². The molecule has 0 bridgehead atoms. The van der Waals surface area contributed by atoms with Gasteiger partial charge >= 0.3 is 5.63 Å². The molecule has 1 aliphatic carbocycles. The van der Waals surface area contributed by atoms with Crippen LogP contribution < -0.4 is 10.3 Å². The van der Waals surface area contributed by atoms with Crippen LogP contribution in [0.3, 0.4) is 0 Å². The van der Waals surface area contributed by atoms with Crippen molar-refractivity contribution in [3.63, 3.8) is 0 Å². The summed E-state index contributed by atoms with van der Waals surface area (Å²) in [6, 6.07) is 15.1. The van der Waals surface area contributed by atoms with Crippen LogP contribution in [-0.4, -0.2) is 13.5 Å². The molecular weight excluding hydrogens is 450 g/mol. The molecule has 0 saturated heterocycles. The fourth-order valence-electron chi connectivity index (χ4n) is 4.61. The molecule has 1 aliphatic rings. The second-order valence-corrected chi connectivity index (χ2v) is 10.9. The van der Waals surface area contributed by atoms with E-state index in [4.69, 9.17) is 4.42 Å². The van der Waals surface area contributed by atoms with Crippen molar-refractivity contribution < 1.29 is 17.9 Å². The number of hydrogen-bond acceptors (Lipinski definition) is 5. The molecule has 0 fully saturated rings. The molecule has 1 heterocycles. The summed E-state index contributed by atoms with van der Waals surface area (Å²) in [5.74, 6) is 0.0794. The standard InChI is InChI=1S/C27H31NO5S/c1-18(2)25(24-26(29)21-15-8-3-4-9-16-22(21)33-27(24)30)28-34(31,32)23-17-11-10-14-20(23)19-12-6-5-7-13-19/h5-7,10-14,17-18,25,28-29H,3-4,8-9,15-16H2,1-2H3. The monoisotopic (exact) mass is 481 g/mol. The molecule has 4 rings (SSSR count). The predicted octanol–water partition coefficient (Wildman–Crippen LogP) is 5.35. The molecule has 0 radical (unpaired) electrons. The van der Waals surface area contributed by atoms with Gasteiger partial charge in [0.05, 0.1) is 16.5 Å². The van der Waals surface area contributed by atoms with Crippen LogP contribution in [0, 0.1) is 5.92 Å². The minimum absolute atomic E-state index is 0.0184. The smallest absolute Gasteiger partial charge is 0.344 e. The van der Waals surface area contributed by atoms with Crippen LogP contribution in [-0.2, 0) is 22.9 Å². The van der Waals surface area contributed by atoms with Crippen molar-refractivity contribution in [1.29, 1.82) is 0 Å². The van der Waals surface area contributed by atoms with Crippen LogP contribution in [0.2, 0.25) is 0 Å². The van der Waals surface area contributed by atoms with E-state index in [1.54, 1.807) is 24.3 Å². The van der Waals surface area contributed by atoms with E-state index in [2.05, 4.69) is 4.72 Å². The van der Waals surface area contributed by atoms with Crippen LogP contribution in [0.15, 0.2) is 68.7 Å². The van der Waals surface area contributed by atoms with E-state index in [1.807, 2.05) is 44.2 Å². The second-order valence-electron chi connectivity index (χ2n) is 9.17. The number of aryl methyl sites for hydroxylation is 1. The molecule has 3 aromatic rings. The Kier molecular flexibility index (Phi) is 7.24. The number of sulfonamides is 1. The predicted molar refractivity (Wildman–Crippen MR) is 132 cm³/mol. The Balaban J connectivity index is 1.78. The van der Waals surface area contributed by atoms with E-state index >= 15 is 0 Å². The first kappa shape index (κ1) is 24.2. The summed E-state index contributed by atoms with van der Waals surface area (Å²) in [5, 5.41) is 11.2. The van der Waals surface area contributed by atoms with Crippen molar-refractivity contribution in [3.8, 4) is 16.9 Å².